The Hall–Kier alpha value is -0.550. The van der Waals surface area contributed by atoms with Gasteiger partial charge in [0.2, 0.25) is 0 Å². The number of hydrogen-bond donors (Lipinski definition) is 0. The van der Waals surface area contributed by atoms with Crippen LogP contribution in [0.2, 0.25) is 5.15 Å². The number of halogens is 1. The zero-order valence-electron chi connectivity index (χ0n) is 10.3. The third-order valence-electron chi connectivity index (χ3n) is 3.27. The summed E-state index contributed by atoms with van der Waals surface area (Å²) in [5.74, 6) is 0.630. The Morgan fingerprint density at radius 1 is 1.53 bits per heavy atom. The van der Waals surface area contributed by atoms with E-state index in [-0.39, 0.29) is 17.4 Å². The van der Waals surface area contributed by atoms with Crippen molar-refractivity contribution < 1.29 is 8.42 Å². The molecule has 96 valence electrons. The molecular weight excluding hydrogens is 260 g/mol. The lowest BCUT2D eigenvalue weighted by molar-refractivity contribution is 0.326. The SMILES string of the molecule is CC(C)c1cc(Cl)n(C2(C)CCS(=O)(=O)C2)n1. The van der Waals surface area contributed by atoms with Crippen LogP contribution in [0.1, 0.15) is 38.8 Å². The molecule has 0 aromatic carbocycles. The molecule has 1 fully saturated rings. The van der Waals surface area contributed by atoms with Gasteiger partial charge in [0.05, 0.1) is 22.7 Å². The van der Waals surface area contributed by atoms with Crippen LogP contribution >= 0.6 is 11.6 Å². The van der Waals surface area contributed by atoms with Gasteiger partial charge < -0.3 is 0 Å². The minimum Gasteiger partial charge on any atom is -0.247 e. The van der Waals surface area contributed by atoms with E-state index < -0.39 is 15.4 Å². The number of hydrogen-bond acceptors (Lipinski definition) is 3. The molecule has 1 aliphatic rings. The van der Waals surface area contributed by atoms with Gasteiger partial charge in [0.25, 0.3) is 0 Å². The van der Waals surface area contributed by atoms with Crippen LogP contribution in [0.25, 0.3) is 0 Å². The Bertz CT molecular complexity index is 536. The summed E-state index contributed by atoms with van der Waals surface area (Å²) < 4.78 is 24.8. The first kappa shape index (κ1) is 12.9. The molecule has 6 heteroatoms. The molecule has 1 aliphatic heterocycles. The second-order valence-corrected chi connectivity index (χ2v) is 7.87. The van der Waals surface area contributed by atoms with E-state index in [1.165, 1.54) is 0 Å². The molecule has 4 nitrogen and oxygen atoms in total. The van der Waals surface area contributed by atoms with Crippen molar-refractivity contribution in [3.8, 4) is 0 Å². The lowest BCUT2D eigenvalue weighted by Crippen LogP contribution is -2.32. The number of sulfone groups is 1. The van der Waals surface area contributed by atoms with E-state index in [2.05, 4.69) is 5.10 Å². The molecule has 1 aromatic heterocycles. The fourth-order valence-corrected chi connectivity index (χ4v) is 4.66. The van der Waals surface area contributed by atoms with Gasteiger partial charge in [-0.3, -0.25) is 0 Å². The van der Waals surface area contributed by atoms with Crippen LogP contribution in [-0.4, -0.2) is 29.7 Å². The first-order chi connectivity index (χ1) is 7.73. The summed E-state index contributed by atoms with van der Waals surface area (Å²) in [6.45, 7) is 5.98. The summed E-state index contributed by atoms with van der Waals surface area (Å²) >= 11 is 6.16. The highest BCUT2D eigenvalue weighted by Crippen LogP contribution is 2.33. The molecule has 17 heavy (non-hydrogen) atoms. The van der Waals surface area contributed by atoms with Crippen molar-refractivity contribution in [2.45, 2.75) is 38.6 Å². The summed E-state index contributed by atoms with van der Waals surface area (Å²) in [5, 5.41) is 4.97. The predicted molar refractivity (Wildman–Crippen MR) is 68.2 cm³/mol. The van der Waals surface area contributed by atoms with E-state index in [1.54, 1.807) is 4.68 Å². The summed E-state index contributed by atoms with van der Waals surface area (Å²) in [6.07, 6.45) is 0.578. The first-order valence-electron chi connectivity index (χ1n) is 5.70. The summed E-state index contributed by atoms with van der Waals surface area (Å²) in [5.41, 5.74) is 0.406. The number of rotatable bonds is 2. The smallest absolute Gasteiger partial charge is 0.152 e. The second kappa shape index (κ2) is 3.99. The van der Waals surface area contributed by atoms with E-state index in [0.29, 0.717) is 11.6 Å². The molecule has 1 unspecified atom stereocenters. The Morgan fingerprint density at radius 2 is 2.18 bits per heavy atom. The third kappa shape index (κ3) is 2.36. The maximum atomic E-state index is 11.6. The molecule has 1 saturated heterocycles. The minimum atomic E-state index is -2.95. The van der Waals surface area contributed by atoms with Crippen LogP contribution in [0.15, 0.2) is 6.07 Å². The third-order valence-corrected chi connectivity index (χ3v) is 5.43. The zero-order chi connectivity index (χ0) is 12.8. The molecule has 0 N–H and O–H groups in total. The van der Waals surface area contributed by atoms with E-state index in [0.717, 1.165) is 5.69 Å². The molecule has 2 rings (SSSR count). The molecule has 0 bridgehead atoms. The van der Waals surface area contributed by atoms with Gasteiger partial charge in [0.15, 0.2) is 9.84 Å². The Labute approximate surface area is 107 Å². The van der Waals surface area contributed by atoms with Crippen LogP contribution in [0.3, 0.4) is 0 Å². The average Bonchev–Trinajstić information content (AvgIpc) is 2.69. The molecule has 0 spiro atoms. The fourth-order valence-electron chi connectivity index (χ4n) is 2.20. The second-order valence-electron chi connectivity index (χ2n) is 5.30. The molecule has 1 atom stereocenters. The molecule has 0 saturated carbocycles. The van der Waals surface area contributed by atoms with Gasteiger partial charge in [-0.1, -0.05) is 25.4 Å². The van der Waals surface area contributed by atoms with Crippen molar-refractivity contribution in [2.75, 3.05) is 11.5 Å². The largest absolute Gasteiger partial charge is 0.247 e. The standard InChI is InChI=1S/C11H17ClN2O2S/c1-8(2)9-6-10(12)14(13-9)11(3)4-5-17(15,16)7-11/h6,8H,4-5,7H2,1-3H3. The number of nitrogens with zero attached hydrogens (tertiary/aromatic N) is 2. The van der Waals surface area contributed by atoms with E-state index >= 15 is 0 Å². The molecule has 0 radical (unpaired) electrons. The van der Waals surface area contributed by atoms with Gasteiger partial charge in [0, 0.05) is 0 Å². The van der Waals surface area contributed by atoms with Crippen molar-refractivity contribution in [3.05, 3.63) is 16.9 Å². The summed E-state index contributed by atoms with van der Waals surface area (Å²) in [4.78, 5) is 0. The van der Waals surface area contributed by atoms with Gasteiger partial charge in [-0.05, 0) is 25.3 Å². The van der Waals surface area contributed by atoms with Crippen molar-refractivity contribution in [1.29, 1.82) is 0 Å². The minimum absolute atomic E-state index is 0.124. The van der Waals surface area contributed by atoms with Crippen LogP contribution in [0.5, 0.6) is 0 Å². The molecule has 2 heterocycles. The van der Waals surface area contributed by atoms with Gasteiger partial charge in [-0.25, -0.2) is 13.1 Å². The van der Waals surface area contributed by atoms with E-state index in [4.69, 9.17) is 11.6 Å². The highest BCUT2D eigenvalue weighted by Gasteiger charge is 2.41. The Kier molecular flexibility index (Phi) is 3.02. The monoisotopic (exact) mass is 276 g/mol. The van der Waals surface area contributed by atoms with Crippen molar-refractivity contribution in [1.82, 2.24) is 9.78 Å². The average molecular weight is 277 g/mol. The molecular formula is C11H17ClN2O2S. The van der Waals surface area contributed by atoms with E-state index in [1.807, 2.05) is 26.8 Å². The van der Waals surface area contributed by atoms with Crippen LogP contribution in [-0.2, 0) is 15.4 Å². The Morgan fingerprint density at radius 3 is 2.59 bits per heavy atom. The quantitative estimate of drug-likeness (QED) is 0.832. The molecule has 0 amide bonds. The predicted octanol–water partition coefficient (Wildman–Crippen LogP) is 2.19. The molecule has 1 aromatic rings. The van der Waals surface area contributed by atoms with Crippen LogP contribution in [0.4, 0.5) is 0 Å². The lowest BCUT2D eigenvalue weighted by Gasteiger charge is -2.23. The molecule has 0 aliphatic carbocycles. The van der Waals surface area contributed by atoms with Crippen molar-refractivity contribution in [2.24, 2.45) is 0 Å². The Balaban J connectivity index is 2.41. The van der Waals surface area contributed by atoms with Crippen LogP contribution < -0.4 is 0 Å². The topological polar surface area (TPSA) is 52.0 Å². The van der Waals surface area contributed by atoms with Gasteiger partial charge in [-0.2, -0.15) is 5.10 Å². The first-order valence-corrected chi connectivity index (χ1v) is 7.90. The van der Waals surface area contributed by atoms with E-state index in [9.17, 15) is 8.42 Å². The summed E-state index contributed by atoms with van der Waals surface area (Å²) in [7, 11) is -2.95. The fraction of sp³-hybridized carbons (Fsp3) is 0.727. The normalized spacial score (nSPS) is 27.8. The maximum absolute atomic E-state index is 11.6. The van der Waals surface area contributed by atoms with Crippen molar-refractivity contribution in [3.63, 3.8) is 0 Å². The van der Waals surface area contributed by atoms with Gasteiger partial charge in [-0.15, -0.1) is 0 Å². The van der Waals surface area contributed by atoms with Gasteiger partial charge >= 0.3 is 0 Å². The van der Waals surface area contributed by atoms with Gasteiger partial charge in [0.1, 0.15) is 5.15 Å². The summed E-state index contributed by atoms with van der Waals surface area (Å²) in [6, 6.07) is 1.82. The highest BCUT2D eigenvalue weighted by molar-refractivity contribution is 7.91. The zero-order valence-corrected chi connectivity index (χ0v) is 11.8. The maximum Gasteiger partial charge on any atom is 0.152 e. The highest BCUT2D eigenvalue weighted by atomic mass is 35.5. The van der Waals surface area contributed by atoms with Crippen molar-refractivity contribution >= 4 is 21.4 Å². The van der Waals surface area contributed by atoms with Crippen LogP contribution in [0, 0.1) is 0 Å². The number of aromatic nitrogens is 2. The lowest BCUT2D eigenvalue weighted by atomic mass is 10.0.